The van der Waals surface area contributed by atoms with Gasteiger partial charge in [-0.15, -0.1) is 0 Å². The van der Waals surface area contributed by atoms with Gasteiger partial charge in [-0.05, 0) is 46.9 Å². The fourth-order valence-electron chi connectivity index (χ4n) is 1.73. The summed E-state index contributed by atoms with van der Waals surface area (Å²) >= 11 is 2.31. The second kappa shape index (κ2) is 3.90. The number of hydrogen-bond donors (Lipinski definition) is 1. The van der Waals surface area contributed by atoms with Crippen LogP contribution in [0, 0.1) is 3.57 Å². The van der Waals surface area contributed by atoms with Gasteiger partial charge in [0.25, 0.3) is 0 Å². The Labute approximate surface area is 107 Å². The molecule has 0 unspecified atom stereocenters. The lowest BCUT2D eigenvalue weighted by atomic mass is 10.2. The van der Waals surface area contributed by atoms with Crippen LogP contribution in [0.3, 0.4) is 0 Å². The Morgan fingerprint density at radius 1 is 1.00 bits per heavy atom. The van der Waals surface area contributed by atoms with E-state index in [1.165, 1.54) is 3.57 Å². The van der Waals surface area contributed by atoms with E-state index >= 15 is 0 Å². The van der Waals surface area contributed by atoms with Gasteiger partial charge in [0.1, 0.15) is 5.82 Å². The molecule has 2 aromatic carbocycles. The molecule has 3 heteroatoms. The first kappa shape index (κ1) is 9.84. The third kappa shape index (κ3) is 1.71. The summed E-state index contributed by atoms with van der Waals surface area (Å²) in [6.45, 7) is 0. The van der Waals surface area contributed by atoms with Gasteiger partial charge >= 0.3 is 0 Å². The van der Waals surface area contributed by atoms with Crippen molar-refractivity contribution in [3.8, 4) is 11.4 Å². The average molecular weight is 320 g/mol. The number of aromatic amines is 1. The van der Waals surface area contributed by atoms with Crippen LogP contribution in [-0.2, 0) is 0 Å². The highest BCUT2D eigenvalue weighted by molar-refractivity contribution is 14.1. The van der Waals surface area contributed by atoms with Crippen molar-refractivity contribution < 1.29 is 0 Å². The Morgan fingerprint density at radius 2 is 1.88 bits per heavy atom. The summed E-state index contributed by atoms with van der Waals surface area (Å²) in [5, 5.41) is 0. The SMILES string of the molecule is Ic1cccc(-c2nc3ccccc3[nH]2)c1. The van der Waals surface area contributed by atoms with Crippen LogP contribution >= 0.6 is 22.6 Å². The van der Waals surface area contributed by atoms with Crippen molar-refractivity contribution in [1.82, 2.24) is 9.97 Å². The summed E-state index contributed by atoms with van der Waals surface area (Å²) in [4.78, 5) is 7.89. The van der Waals surface area contributed by atoms with E-state index in [0.717, 1.165) is 22.4 Å². The summed E-state index contributed by atoms with van der Waals surface area (Å²) in [5.41, 5.74) is 3.22. The van der Waals surface area contributed by atoms with E-state index in [-0.39, 0.29) is 0 Å². The molecule has 0 radical (unpaired) electrons. The van der Waals surface area contributed by atoms with Gasteiger partial charge in [0.05, 0.1) is 11.0 Å². The number of benzene rings is 2. The van der Waals surface area contributed by atoms with Gasteiger partial charge in [-0.2, -0.15) is 0 Å². The molecule has 3 rings (SSSR count). The zero-order chi connectivity index (χ0) is 11.0. The topological polar surface area (TPSA) is 28.7 Å². The molecule has 0 saturated carbocycles. The van der Waals surface area contributed by atoms with Gasteiger partial charge in [-0.1, -0.05) is 24.3 Å². The standard InChI is InChI=1S/C13H9IN2/c14-10-5-3-4-9(8-10)13-15-11-6-1-2-7-12(11)16-13/h1-8H,(H,15,16). The monoisotopic (exact) mass is 320 g/mol. The quantitative estimate of drug-likeness (QED) is 0.678. The fraction of sp³-hybridized carbons (Fsp3) is 0. The molecule has 16 heavy (non-hydrogen) atoms. The summed E-state index contributed by atoms with van der Waals surface area (Å²) in [6, 6.07) is 16.4. The van der Waals surface area contributed by atoms with Gasteiger partial charge in [0.2, 0.25) is 0 Å². The van der Waals surface area contributed by atoms with Gasteiger partial charge in [-0.3, -0.25) is 0 Å². The molecule has 2 nitrogen and oxygen atoms in total. The number of para-hydroxylation sites is 2. The molecule has 0 spiro atoms. The first-order valence-electron chi connectivity index (χ1n) is 5.03. The van der Waals surface area contributed by atoms with Crippen molar-refractivity contribution in [2.24, 2.45) is 0 Å². The number of nitrogens with one attached hydrogen (secondary N) is 1. The first-order chi connectivity index (χ1) is 7.83. The predicted octanol–water partition coefficient (Wildman–Crippen LogP) is 3.83. The largest absolute Gasteiger partial charge is 0.338 e. The van der Waals surface area contributed by atoms with E-state index < -0.39 is 0 Å². The third-order valence-electron chi connectivity index (χ3n) is 2.49. The Bertz CT molecular complexity index is 610. The van der Waals surface area contributed by atoms with Crippen LogP contribution in [0.2, 0.25) is 0 Å². The van der Waals surface area contributed by atoms with Crippen LogP contribution < -0.4 is 0 Å². The highest BCUT2D eigenvalue weighted by atomic mass is 127. The maximum Gasteiger partial charge on any atom is 0.138 e. The lowest BCUT2D eigenvalue weighted by molar-refractivity contribution is 1.33. The molecule has 1 N–H and O–H groups in total. The number of fused-ring (bicyclic) bond motifs is 1. The minimum atomic E-state index is 0.930. The van der Waals surface area contributed by atoms with E-state index in [0.29, 0.717) is 0 Å². The van der Waals surface area contributed by atoms with Crippen LogP contribution in [0.25, 0.3) is 22.4 Å². The molecule has 0 amide bonds. The van der Waals surface area contributed by atoms with E-state index in [1.807, 2.05) is 30.3 Å². The maximum atomic E-state index is 4.57. The summed E-state index contributed by atoms with van der Waals surface area (Å²) in [7, 11) is 0. The van der Waals surface area contributed by atoms with Gasteiger partial charge in [0, 0.05) is 9.13 Å². The molecule has 0 atom stereocenters. The summed E-state index contributed by atoms with van der Waals surface area (Å²) in [6.07, 6.45) is 0. The fourth-order valence-corrected chi connectivity index (χ4v) is 2.27. The molecule has 0 aliphatic heterocycles. The van der Waals surface area contributed by atoms with Crippen molar-refractivity contribution in [3.63, 3.8) is 0 Å². The summed E-state index contributed by atoms with van der Waals surface area (Å²) < 4.78 is 1.22. The van der Waals surface area contributed by atoms with E-state index in [1.54, 1.807) is 0 Å². The van der Waals surface area contributed by atoms with Gasteiger partial charge < -0.3 is 4.98 Å². The van der Waals surface area contributed by atoms with E-state index in [4.69, 9.17) is 0 Å². The van der Waals surface area contributed by atoms with Crippen LogP contribution in [0.15, 0.2) is 48.5 Å². The molecule has 0 aliphatic rings. The molecule has 0 saturated heterocycles. The lowest BCUT2D eigenvalue weighted by Gasteiger charge is -1.96. The Hall–Kier alpha value is -1.36. The minimum Gasteiger partial charge on any atom is -0.338 e. The molecule has 0 bridgehead atoms. The number of aromatic nitrogens is 2. The third-order valence-corrected chi connectivity index (χ3v) is 3.16. The molecule has 3 aromatic rings. The zero-order valence-electron chi connectivity index (χ0n) is 8.44. The minimum absolute atomic E-state index is 0.930. The van der Waals surface area contributed by atoms with Crippen molar-refractivity contribution in [3.05, 3.63) is 52.1 Å². The lowest BCUT2D eigenvalue weighted by Crippen LogP contribution is -1.80. The number of rotatable bonds is 1. The molecule has 1 aromatic heterocycles. The molecular weight excluding hydrogens is 311 g/mol. The number of H-pyrrole nitrogens is 1. The Morgan fingerprint density at radius 3 is 2.69 bits per heavy atom. The molecule has 1 heterocycles. The number of halogens is 1. The van der Waals surface area contributed by atoms with Crippen molar-refractivity contribution in [2.45, 2.75) is 0 Å². The smallest absolute Gasteiger partial charge is 0.138 e. The van der Waals surface area contributed by atoms with Crippen LogP contribution in [-0.4, -0.2) is 9.97 Å². The van der Waals surface area contributed by atoms with Gasteiger partial charge in [0.15, 0.2) is 0 Å². The highest BCUT2D eigenvalue weighted by Gasteiger charge is 2.04. The molecule has 0 fully saturated rings. The van der Waals surface area contributed by atoms with Crippen molar-refractivity contribution >= 4 is 33.6 Å². The maximum absolute atomic E-state index is 4.57. The number of imidazole rings is 1. The molecule has 0 aliphatic carbocycles. The van der Waals surface area contributed by atoms with Crippen molar-refractivity contribution in [2.75, 3.05) is 0 Å². The van der Waals surface area contributed by atoms with Crippen molar-refractivity contribution in [1.29, 1.82) is 0 Å². The Balaban J connectivity index is 2.19. The summed E-state index contributed by atoms with van der Waals surface area (Å²) in [5.74, 6) is 0.930. The number of hydrogen-bond acceptors (Lipinski definition) is 1. The first-order valence-corrected chi connectivity index (χ1v) is 6.11. The normalized spacial score (nSPS) is 10.8. The van der Waals surface area contributed by atoms with Crippen LogP contribution in [0.5, 0.6) is 0 Å². The Kier molecular flexibility index (Phi) is 2.40. The average Bonchev–Trinajstić information content (AvgIpc) is 2.72. The van der Waals surface area contributed by atoms with Crippen LogP contribution in [0.1, 0.15) is 0 Å². The van der Waals surface area contributed by atoms with E-state index in [9.17, 15) is 0 Å². The van der Waals surface area contributed by atoms with Crippen LogP contribution in [0.4, 0.5) is 0 Å². The molecular formula is C13H9IN2. The second-order valence-corrected chi connectivity index (χ2v) is 4.86. The second-order valence-electron chi connectivity index (χ2n) is 3.61. The highest BCUT2D eigenvalue weighted by Crippen LogP contribution is 2.21. The zero-order valence-corrected chi connectivity index (χ0v) is 10.6. The predicted molar refractivity (Wildman–Crippen MR) is 74.2 cm³/mol. The van der Waals surface area contributed by atoms with Gasteiger partial charge in [-0.25, -0.2) is 4.98 Å². The molecule has 78 valence electrons. The number of nitrogens with zero attached hydrogens (tertiary/aromatic N) is 1. The van der Waals surface area contributed by atoms with E-state index in [2.05, 4.69) is 50.8 Å².